The molecule has 33 heavy (non-hydrogen) atoms. The first-order valence-corrected chi connectivity index (χ1v) is 9.75. The Labute approximate surface area is 187 Å². The standard InChI is InChI=1S/C21H21N5O7/c1-12(22-23-20(27)14(3)25-10-18(26(30)31)13(2)24-25)15-4-6-16(7-5-15)32-11-17-8-9-19(33-17)21(28)29/h4-10,14H,11H2,1-3H3,(H,23,27)(H,28,29)/b22-12+/t14-/m0/s1. The van der Waals surface area contributed by atoms with Gasteiger partial charge in [0, 0.05) is 0 Å². The van der Waals surface area contributed by atoms with Gasteiger partial charge >= 0.3 is 11.7 Å². The molecule has 0 spiro atoms. The van der Waals surface area contributed by atoms with E-state index in [0.29, 0.717) is 17.2 Å². The van der Waals surface area contributed by atoms with E-state index in [1.54, 1.807) is 38.1 Å². The number of aromatic carboxylic acids is 1. The molecule has 0 fully saturated rings. The highest BCUT2D eigenvalue weighted by Crippen LogP contribution is 2.19. The maximum Gasteiger partial charge on any atom is 0.371 e. The lowest BCUT2D eigenvalue weighted by atomic mass is 10.1. The maximum absolute atomic E-state index is 12.4. The quantitative estimate of drug-likeness (QED) is 0.282. The number of hydrogen-bond acceptors (Lipinski definition) is 8. The molecule has 12 heteroatoms. The second kappa shape index (κ2) is 9.77. The van der Waals surface area contributed by atoms with Gasteiger partial charge in [-0.25, -0.2) is 10.2 Å². The maximum atomic E-state index is 12.4. The van der Waals surface area contributed by atoms with Gasteiger partial charge in [-0.15, -0.1) is 0 Å². The van der Waals surface area contributed by atoms with Crippen LogP contribution in [0.2, 0.25) is 0 Å². The summed E-state index contributed by atoms with van der Waals surface area (Å²) in [5.74, 6) is -0.876. The van der Waals surface area contributed by atoms with Crippen molar-refractivity contribution < 1.29 is 28.8 Å². The average Bonchev–Trinajstić information content (AvgIpc) is 3.42. The lowest BCUT2D eigenvalue weighted by molar-refractivity contribution is -0.385. The molecule has 0 unspecified atom stereocenters. The second-order valence-corrected chi connectivity index (χ2v) is 7.07. The number of rotatable bonds is 9. The van der Waals surface area contributed by atoms with Gasteiger partial charge in [0.1, 0.15) is 36.0 Å². The van der Waals surface area contributed by atoms with Crippen molar-refractivity contribution in [1.29, 1.82) is 0 Å². The van der Waals surface area contributed by atoms with Crippen LogP contribution >= 0.6 is 0 Å². The fourth-order valence-electron chi connectivity index (χ4n) is 2.78. The van der Waals surface area contributed by atoms with E-state index in [0.717, 1.165) is 5.56 Å². The Morgan fingerprint density at radius 2 is 2.00 bits per heavy atom. The smallest absolute Gasteiger partial charge is 0.371 e. The number of nitro groups is 1. The van der Waals surface area contributed by atoms with Gasteiger partial charge in [0.15, 0.2) is 0 Å². The molecule has 1 aromatic carbocycles. The van der Waals surface area contributed by atoms with Gasteiger partial charge < -0.3 is 14.3 Å². The highest BCUT2D eigenvalue weighted by atomic mass is 16.6. The number of ether oxygens (including phenoxy) is 1. The number of nitrogens with zero attached hydrogens (tertiary/aromatic N) is 4. The first kappa shape index (κ1) is 23.2. The molecule has 0 bridgehead atoms. The monoisotopic (exact) mass is 455 g/mol. The van der Waals surface area contributed by atoms with E-state index >= 15 is 0 Å². The summed E-state index contributed by atoms with van der Waals surface area (Å²) in [6.07, 6.45) is 1.21. The number of benzene rings is 1. The molecule has 172 valence electrons. The number of carbonyl (C=O) groups is 2. The number of amides is 1. The van der Waals surface area contributed by atoms with E-state index < -0.39 is 22.8 Å². The van der Waals surface area contributed by atoms with Crippen LogP contribution in [-0.4, -0.2) is 37.4 Å². The van der Waals surface area contributed by atoms with Gasteiger partial charge in [0.2, 0.25) is 5.76 Å². The van der Waals surface area contributed by atoms with Gasteiger partial charge in [-0.1, -0.05) is 0 Å². The number of aryl methyl sites for hydroxylation is 1. The highest BCUT2D eigenvalue weighted by Gasteiger charge is 2.22. The van der Waals surface area contributed by atoms with Crippen molar-refractivity contribution in [2.24, 2.45) is 5.10 Å². The Morgan fingerprint density at radius 1 is 1.30 bits per heavy atom. The fourth-order valence-corrected chi connectivity index (χ4v) is 2.78. The largest absolute Gasteiger partial charge is 0.486 e. The molecule has 1 atom stereocenters. The molecule has 0 saturated heterocycles. The molecule has 0 aliphatic carbocycles. The summed E-state index contributed by atoms with van der Waals surface area (Å²) in [6, 6.07) is 8.98. The summed E-state index contributed by atoms with van der Waals surface area (Å²) in [4.78, 5) is 33.6. The van der Waals surface area contributed by atoms with E-state index in [4.69, 9.17) is 14.3 Å². The highest BCUT2D eigenvalue weighted by molar-refractivity contribution is 5.99. The predicted octanol–water partition coefficient (Wildman–Crippen LogP) is 3.07. The molecule has 0 radical (unpaired) electrons. The minimum Gasteiger partial charge on any atom is -0.486 e. The molecular weight excluding hydrogens is 434 g/mol. The number of hydrogen-bond donors (Lipinski definition) is 2. The second-order valence-electron chi connectivity index (χ2n) is 7.07. The third-order valence-electron chi connectivity index (χ3n) is 4.72. The third kappa shape index (κ3) is 5.61. The summed E-state index contributed by atoms with van der Waals surface area (Å²) >= 11 is 0. The molecule has 1 amide bonds. The van der Waals surface area contributed by atoms with Crippen LogP contribution < -0.4 is 10.2 Å². The summed E-state index contributed by atoms with van der Waals surface area (Å²) in [5.41, 5.74) is 3.75. The minimum absolute atomic E-state index is 0.0682. The van der Waals surface area contributed by atoms with Crippen LogP contribution in [0, 0.1) is 17.0 Å². The van der Waals surface area contributed by atoms with E-state index in [2.05, 4.69) is 15.6 Å². The number of aromatic nitrogens is 2. The third-order valence-corrected chi connectivity index (χ3v) is 4.72. The summed E-state index contributed by atoms with van der Waals surface area (Å²) in [7, 11) is 0. The number of carboxylic acid groups (broad SMARTS) is 1. The van der Waals surface area contributed by atoms with Gasteiger partial charge in [-0.05, 0) is 62.7 Å². The summed E-state index contributed by atoms with van der Waals surface area (Å²) < 4.78 is 11.9. The molecule has 3 aromatic rings. The van der Waals surface area contributed by atoms with E-state index in [9.17, 15) is 19.7 Å². The number of carbonyl (C=O) groups excluding carboxylic acids is 1. The molecule has 12 nitrogen and oxygen atoms in total. The zero-order valence-corrected chi connectivity index (χ0v) is 18.0. The van der Waals surface area contributed by atoms with Crippen LogP contribution in [0.5, 0.6) is 5.75 Å². The van der Waals surface area contributed by atoms with Gasteiger partial charge in [-0.2, -0.15) is 10.2 Å². The molecule has 0 aliphatic heterocycles. The normalized spacial score (nSPS) is 12.3. The fraction of sp³-hybridized carbons (Fsp3) is 0.238. The van der Waals surface area contributed by atoms with Gasteiger partial charge in [0.05, 0.1) is 10.6 Å². The van der Waals surface area contributed by atoms with E-state index in [1.165, 1.54) is 29.9 Å². The van der Waals surface area contributed by atoms with Crippen LogP contribution in [0.4, 0.5) is 5.69 Å². The van der Waals surface area contributed by atoms with Crippen LogP contribution in [0.3, 0.4) is 0 Å². The summed E-state index contributed by atoms with van der Waals surface area (Å²) in [6.45, 7) is 4.83. The minimum atomic E-state index is -1.15. The van der Waals surface area contributed by atoms with Crippen molar-refractivity contribution >= 4 is 23.3 Å². The van der Waals surface area contributed by atoms with Crippen LogP contribution in [0.1, 0.15) is 47.5 Å². The Kier molecular flexibility index (Phi) is 6.86. The Balaban J connectivity index is 1.57. The topological polar surface area (TPSA) is 162 Å². The number of carboxylic acids is 1. The van der Waals surface area contributed by atoms with Crippen molar-refractivity contribution in [1.82, 2.24) is 15.2 Å². The molecule has 2 aromatic heterocycles. The SMILES string of the molecule is C/C(=N\NC(=O)[C@H](C)n1cc([N+](=O)[O-])c(C)n1)c1ccc(OCc2ccc(C(=O)O)o2)cc1. The van der Waals surface area contributed by atoms with Crippen molar-refractivity contribution in [3.05, 3.63) is 75.5 Å². The first-order valence-electron chi connectivity index (χ1n) is 9.75. The van der Waals surface area contributed by atoms with Crippen LogP contribution in [-0.2, 0) is 11.4 Å². The molecule has 0 saturated carbocycles. The molecule has 3 rings (SSSR count). The van der Waals surface area contributed by atoms with Gasteiger partial charge in [-0.3, -0.25) is 19.6 Å². The van der Waals surface area contributed by atoms with Crippen molar-refractivity contribution in [2.45, 2.75) is 33.4 Å². The Morgan fingerprint density at radius 3 is 2.58 bits per heavy atom. The van der Waals surface area contributed by atoms with Crippen LogP contribution in [0.15, 0.2) is 52.1 Å². The van der Waals surface area contributed by atoms with E-state index in [-0.39, 0.29) is 23.7 Å². The predicted molar refractivity (Wildman–Crippen MR) is 115 cm³/mol. The van der Waals surface area contributed by atoms with Crippen molar-refractivity contribution in [3.8, 4) is 5.75 Å². The number of hydrazone groups is 1. The molecular formula is C21H21N5O7. The van der Waals surface area contributed by atoms with E-state index in [1.807, 2.05) is 0 Å². The first-order chi connectivity index (χ1) is 15.7. The number of furan rings is 1. The Hall–Kier alpha value is -4.48. The zero-order chi connectivity index (χ0) is 24.1. The van der Waals surface area contributed by atoms with Gasteiger partial charge in [0.25, 0.3) is 5.91 Å². The van der Waals surface area contributed by atoms with Crippen molar-refractivity contribution in [2.75, 3.05) is 0 Å². The molecule has 2 heterocycles. The lowest BCUT2D eigenvalue weighted by Gasteiger charge is -2.10. The zero-order valence-electron chi connectivity index (χ0n) is 18.0. The molecule has 0 aliphatic rings. The Bertz CT molecular complexity index is 1210. The average molecular weight is 455 g/mol. The summed E-state index contributed by atoms with van der Waals surface area (Å²) in [5, 5.41) is 27.9. The van der Waals surface area contributed by atoms with Crippen LogP contribution in [0.25, 0.3) is 0 Å². The molecule has 2 N–H and O–H groups in total. The van der Waals surface area contributed by atoms with Crippen molar-refractivity contribution in [3.63, 3.8) is 0 Å². The number of nitrogens with one attached hydrogen (secondary N) is 1. The lowest BCUT2D eigenvalue weighted by Crippen LogP contribution is -2.28.